The molecule has 1 aromatic carbocycles. The third kappa shape index (κ3) is 3.15. The Hall–Kier alpha value is -2.10. The van der Waals surface area contributed by atoms with Crippen molar-refractivity contribution in [3.8, 4) is 0 Å². The van der Waals surface area contributed by atoms with E-state index in [0.717, 1.165) is 37.2 Å². The highest BCUT2D eigenvalue weighted by molar-refractivity contribution is 5.79. The molecule has 0 spiro atoms. The summed E-state index contributed by atoms with van der Waals surface area (Å²) < 4.78 is 0. The summed E-state index contributed by atoms with van der Waals surface area (Å²) in [4.78, 5) is 14.5. The molecule has 1 N–H and O–H groups in total. The molecule has 1 aromatic heterocycles. The maximum atomic E-state index is 12.5. The van der Waals surface area contributed by atoms with Crippen LogP contribution < -0.4 is 0 Å². The number of carbonyl (C=O) groups is 1. The lowest BCUT2D eigenvalue weighted by atomic mass is 9.94. The summed E-state index contributed by atoms with van der Waals surface area (Å²) >= 11 is 0. The van der Waals surface area contributed by atoms with Crippen LogP contribution in [0, 0.1) is 6.92 Å². The number of aromatic nitrogens is 2. The third-order valence-corrected chi connectivity index (χ3v) is 4.34. The van der Waals surface area contributed by atoms with Gasteiger partial charge in [0.15, 0.2) is 0 Å². The summed E-state index contributed by atoms with van der Waals surface area (Å²) in [5, 5.41) is 7.06. The first-order chi connectivity index (χ1) is 10.2. The van der Waals surface area contributed by atoms with Crippen LogP contribution in [0.2, 0.25) is 0 Å². The average molecular weight is 283 g/mol. The Balaban J connectivity index is 1.66. The number of aromatic amines is 1. The number of nitrogens with zero attached hydrogens (tertiary/aromatic N) is 2. The smallest absolute Gasteiger partial charge is 0.227 e. The number of amides is 1. The second-order valence-corrected chi connectivity index (χ2v) is 5.79. The molecular weight excluding hydrogens is 262 g/mol. The summed E-state index contributed by atoms with van der Waals surface area (Å²) in [6.07, 6.45) is 4.46. The summed E-state index contributed by atoms with van der Waals surface area (Å²) in [5.74, 6) is 0.621. The maximum absolute atomic E-state index is 12.5. The number of benzene rings is 1. The number of nitrogens with one attached hydrogen (secondary N) is 1. The van der Waals surface area contributed by atoms with Crippen molar-refractivity contribution >= 4 is 5.91 Å². The fourth-order valence-electron chi connectivity index (χ4n) is 3.03. The zero-order valence-corrected chi connectivity index (χ0v) is 12.4. The predicted molar refractivity (Wildman–Crippen MR) is 82.0 cm³/mol. The minimum Gasteiger partial charge on any atom is -0.342 e. The van der Waals surface area contributed by atoms with Gasteiger partial charge < -0.3 is 4.90 Å². The quantitative estimate of drug-likeness (QED) is 0.941. The Labute approximate surface area is 125 Å². The zero-order valence-electron chi connectivity index (χ0n) is 12.4. The molecule has 1 aliphatic heterocycles. The molecule has 2 aromatic rings. The van der Waals surface area contributed by atoms with Crippen LogP contribution in [-0.4, -0.2) is 34.1 Å². The van der Waals surface area contributed by atoms with Crippen molar-refractivity contribution in [2.24, 2.45) is 0 Å². The molecule has 2 heterocycles. The Morgan fingerprint density at radius 1 is 1.38 bits per heavy atom. The second-order valence-electron chi connectivity index (χ2n) is 5.79. The first kappa shape index (κ1) is 13.9. The first-order valence-electron chi connectivity index (χ1n) is 7.55. The van der Waals surface area contributed by atoms with E-state index in [9.17, 15) is 4.79 Å². The van der Waals surface area contributed by atoms with Crippen molar-refractivity contribution in [2.45, 2.75) is 32.1 Å². The summed E-state index contributed by atoms with van der Waals surface area (Å²) in [6, 6.07) is 10.1. The van der Waals surface area contributed by atoms with Gasteiger partial charge in [-0.25, -0.2) is 0 Å². The van der Waals surface area contributed by atoms with Crippen LogP contribution in [0.1, 0.15) is 35.6 Å². The Bertz CT molecular complexity index is 606. The number of carbonyl (C=O) groups excluding carboxylic acids is 1. The van der Waals surface area contributed by atoms with E-state index in [1.54, 1.807) is 6.20 Å². The molecule has 0 radical (unpaired) electrons. The number of likely N-dealkylation sites (tertiary alicyclic amines) is 1. The molecule has 21 heavy (non-hydrogen) atoms. The molecule has 4 heteroatoms. The van der Waals surface area contributed by atoms with Gasteiger partial charge in [0.25, 0.3) is 0 Å². The van der Waals surface area contributed by atoms with Crippen LogP contribution in [-0.2, 0) is 11.2 Å². The van der Waals surface area contributed by atoms with Crippen molar-refractivity contribution in [1.29, 1.82) is 0 Å². The number of hydrogen-bond donors (Lipinski definition) is 1. The van der Waals surface area contributed by atoms with Gasteiger partial charge >= 0.3 is 0 Å². The largest absolute Gasteiger partial charge is 0.342 e. The maximum Gasteiger partial charge on any atom is 0.227 e. The van der Waals surface area contributed by atoms with Crippen molar-refractivity contribution in [3.63, 3.8) is 0 Å². The van der Waals surface area contributed by atoms with Crippen molar-refractivity contribution in [3.05, 3.63) is 53.3 Å². The van der Waals surface area contributed by atoms with Gasteiger partial charge in [0.2, 0.25) is 5.91 Å². The molecule has 1 atom stereocenters. The monoisotopic (exact) mass is 283 g/mol. The lowest BCUT2D eigenvalue weighted by Gasteiger charge is -2.32. The number of piperidine rings is 1. The highest BCUT2D eigenvalue weighted by Gasteiger charge is 2.25. The van der Waals surface area contributed by atoms with Gasteiger partial charge in [-0.2, -0.15) is 5.10 Å². The van der Waals surface area contributed by atoms with Crippen LogP contribution in [0.3, 0.4) is 0 Å². The molecule has 0 saturated carbocycles. The van der Waals surface area contributed by atoms with Gasteiger partial charge in [0, 0.05) is 30.9 Å². The minimum absolute atomic E-state index is 0.230. The van der Waals surface area contributed by atoms with Crippen LogP contribution in [0.15, 0.2) is 36.5 Å². The SMILES string of the molecule is Cc1ccccc1CC(=O)N1CCC[C@@H](c2ccn[nH]2)C1. The summed E-state index contributed by atoms with van der Waals surface area (Å²) in [5.41, 5.74) is 3.46. The normalized spacial score (nSPS) is 18.7. The number of hydrogen-bond acceptors (Lipinski definition) is 2. The lowest BCUT2D eigenvalue weighted by molar-refractivity contribution is -0.131. The average Bonchev–Trinajstić information content (AvgIpc) is 3.04. The molecule has 1 aliphatic rings. The van der Waals surface area contributed by atoms with Crippen LogP contribution in [0.4, 0.5) is 0 Å². The fourth-order valence-corrected chi connectivity index (χ4v) is 3.03. The highest BCUT2D eigenvalue weighted by atomic mass is 16.2. The van der Waals surface area contributed by atoms with Gasteiger partial charge in [-0.15, -0.1) is 0 Å². The van der Waals surface area contributed by atoms with E-state index < -0.39 is 0 Å². The van der Waals surface area contributed by atoms with Crippen molar-refractivity contribution in [2.75, 3.05) is 13.1 Å². The molecule has 1 amide bonds. The van der Waals surface area contributed by atoms with Crippen LogP contribution in [0.5, 0.6) is 0 Å². The van der Waals surface area contributed by atoms with E-state index in [0.29, 0.717) is 12.3 Å². The van der Waals surface area contributed by atoms with E-state index in [2.05, 4.69) is 23.2 Å². The Morgan fingerprint density at radius 3 is 3.00 bits per heavy atom. The molecule has 0 aliphatic carbocycles. The van der Waals surface area contributed by atoms with Gasteiger partial charge in [-0.3, -0.25) is 9.89 Å². The molecule has 3 rings (SSSR count). The standard InChI is InChI=1S/C17H21N3O/c1-13-5-2-3-6-14(13)11-17(21)20-10-4-7-15(12-20)16-8-9-18-19-16/h2-3,5-6,8-9,15H,4,7,10-12H2,1H3,(H,18,19)/t15-/m1/s1. The molecule has 1 fully saturated rings. The first-order valence-corrected chi connectivity index (χ1v) is 7.55. The molecule has 4 nitrogen and oxygen atoms in total. The highest BCUT2D eigenvalue weighted by Crippen LogP contribution is 2.25. The molecule has 1 saturated heterocycles. The minimum atomic E-state index is 0.230. The Kier molecular flexibility index (Phi) is 4.04. The second kappa shape index (κ2) is 6.12. The molecular formula is C17H21N3O. The van der Waals surface area contributed by atoms with E-state index in [1.807, 2.05) is 29.2 Å². The fraction of sp³-hybridized carbons (Fsp3) is 0.412. The number of rotatable bonds is 3. The number of aryl methyl sites for hydroxylation is 1. The van der Waals surface area contributed by atoms with E-state index >= 15 is 0 Å². The van der Waals surface area contributed by atoms with Crippen molar-refractivity contribution in [1.82, 2.24) is 15.1 Å². The van der Waals surface area contributed by atoms with Gasteiger partial charge in [-0.05, 0) is 37.0 Å². The molecule has 0 unspecified atom stereocenters. The van der Waals surface area contributed by atoms with E-state index in [4.69, 9.17) is 0 Å². The zero-order chi connectivity index (χ0) is 14.7. The predicted octanol–water partition coefficient (Wildman–Crippen LogP) is 2.67. The van der Waals surface area contributed by atoms with E-state index in [1.165, 1.54) is 5.56 Å². The topological polar surface area (TPSA) is 49.0 Å². The Morgan fingerprint density at radius 2 is 2.24 bits per heavy atom. The van der Waals surface area contributed by atoms with Gasteiger partial charge in [-0.1, -0.05) is 24.3 Å². The van der Waals surface area contributed by atoms with Gasteiger partial charge in [0.1, 0.15) is 0 Å². The number of H-pyrrole nitrogens is 1. The van der Waals surface area contributed by atoms with Crippen LogP contribution >= 0.6 is 0 Å². The van der Waals surface area contributed by atoms with Crippen molar-refractivity contribution < 1.29 is 4.79 Å². The third-order valence-electron chi connectivity index (χ3n) is 4.34. The lowest BCUT2D eigenvalue weighted by Crippen LogP contribution is -2.40. The van der Waals surface area contributed by atoms with Crippen LogP contribution in [0.25, 0.3) is 0 Å². The molecule has 110 valence electrons. The van der Waals surface area contributed by atoms with Gasteiger partial charge in [0.05, 0.1) is 6.42 Å². The summed E-state index contributed by atoms with van der Waals surface area (Å²) in [7, 11) is 0. The molecule has 0 bridgehead atoms. The van der Waals surface area contributed by atoms with E-state index in [-0.39, 0.29) is 5.91 Å². The summed E-state index contributed by atoms with van der Waals surface area (Å²) in [6.45, 7) is 3.73.